The Morgan fingerprint density at radius 2 is 1.67 bits per heavy atom. The fourth-order valence-electron chi connectivity index (χ4n) is 3.83. The number of hydrogen-bond acceptors (Lipinski definition) is 7. The quantitative estimate of drug-likeness (QED) is 0.204. The fourth-order valence-corrected chi connectivity index (χ4v) is 3.83. The van der Waals surface area contributed by atoms with Crippen molar-refractivity contribution >= 4 is 29.8 Å². The summed E-state index contributed by atoms with van der Waals surface area (Å²) in [6.45, 7) is 11.7. The minimum Gasteiger partial charge on any atom is -0.463 e. The topological polar surface area (TPSA) is 152 Å². The molecule has 0 aromatic carbocycles. The Hall–Kier alpha value is -3.11. The molecule has 36 heavy (non-hydrogen) atoms. The zero-order chi connectivity index (χ0) is 27.3. The van der Waals surface area contributed by atoms with Crippen molar-refractivity contribution in [1.82, 2.24) is 21.3 Å². The lowest BCUT2D eigenvalue weighted by atomic mass is 9.96. The Bertz CT molecular complexity index is 797. The van der Waals surface area contributed by atoms with E-state index in [1.54, 1.807) is 27.7 Å². The summed E-state index contributed by atoms with van der Waals surface area (Å²) in [5, 5.41) is 10.9. The fraction of sp³-hybridized carbons (Fsp3) is 0.720. The molecule has 4 N–H and O–H groups in total. The molecule has 204 valence electrons. The second-order valence-electron chi connectivity index (χ2n) is 9.52. The van der Waals surface area contributed by atoms with Crippen molar-refractivity contribution in [2.45, 2.75) is 78.9 Å². The van der Waals surface area contributed by atoms with E-state index in [9.17, 15) is 24.0 Å². The Balaban J connectivity index is 3.02. The lowest BCUT2D eigenvalue weighted by Gasteiger charge is -2.27. The van der Waals surface area contributed by atoms with Crippen LogP contribution in [0.25, 0.3) is 0 Å². The molecule has 1 saturated heterocycles. The van der Waals surface area contributed by atoms with Gasteiger partial charge < -0.3 is 30.7 Å². The van der Waals surface area contributed by atoms with Gasteiger partial charge in [-0.05, 0) is 44.9 Å². The molecule has 0 spiro atoms. The molecule has 1 fully saturated rings. The van der Waals surface area contributed by atoms with Gasteiger partial charge in [-0.2, -0.15) is 0 Å². The molecule has 0 aliphatic carbocycles. The summed E-state index contributed by atoms with van der Waals surface area (Å²) < 4.78 is 9.81. The maximum Gasteiger partial charge on any atom is 0.407 e. The highest BCUT2D eigenvalue weighted by Crippen LogP contribution is 2.17. The zero-order valence-corrected chi connectivity index (χ0v) is 22.2. The van der Waals surface area contributed by atoms with Gasteiger partial charge in [-0.25, -0.2) is 9.59 Å². The van der Waals surface area contributed by atoms with Crippen molar-refractivity contribution in [3.05, 3.63) is 12.2 Å². The molecule has 0 radical (unpaired) electrons. The van der Waals surface area contributed by atoms with Gasteiger partial charge in [-0.3, -0.25) is 14.4 Å². The van der Waals surface area contributed by atoms with E-state index in [1.807, 2.05) is 13.8 Å². The van der Waals surface area contributed by atoms with Crippen LogP contribution in [-0.2, 0) is 28.7 Å². The largest absolute Gasteiger partial charge is 0.463 e. The first-order valence-electron chi connectivity index (χ1n) is 12.6. The van der Waals surface area contributed by atoms with Crippen molar-refractivity contribution < 1.29 is 33.4 Å². The average molecular weight is 511 g/mol. The van der Waals surface area contributed by atoms with Crippen LogP contribution in [0.4, 0.5) is 4.79 Å². The van der Waals surface area contributed by atoms with E-state index in [2.05, 4.69) is 21.3 Å². The summed E-state index contributed by atoms with van der Waals surface area (Å²) in [5.41, 5.74) is 0. The standard InChI is InChI=1S/C25H42N4O7/c1-7-35-20(30)10-9-18(14-17-11-12-26-22(17)31)27-23(32)19(13-15(3)4)28-24(33)21(16(5)6)29-25(34)36-8-2/h9-10,15-19,21H,7-8,11-14H2,1-6H3,(H,26,31)(H,27,32)(H,28,33)(H,29,34)/t17-,18+,19-,21-/m0/s1. The summed E-state index contributed by atoms with van der Waals surface area (Å²) in [7, 11) is 0. The van der Waals surface area contributed by atoms with E-state index < -0.39 is 42.0 Å². The maximum absolute atomic E-state index is 13.3. The second-order valence-corrected chi connectivity index (χ2v) is 9.52. The molecule has 1 rings (SSSR count). The molecule has 11 heteroatoms. The van der Waals surface area contributed by atoms with E-state index in [0.717, 1.165) is 0 Å². The Morgan fingerprint density at radius 1 is 1.00 bits per heavy atom. The van der Waals surface area contributed by atoms with Crippen molar-refractivity contribution in [2.75, 3.05) is 19.8 Å². The van der Waals surface area contributed by atoms with Gasteiger partial charge in [0.15, 0.2) is 0 Å². The molecule has 0 saturated carbocycles. The lowest BCUT2D eigenvalue weighted by Crippen LogP contribution is -2.56. The third-order valence-corrected chi connectivity index (χ3v) is 5.62. The van der Waals surface area contributed by atoms with E-state index >= 15 is 0 Å². The summed E-state index contributed by atoms with van der Waals surface area (Å²) in [6.07, 6.45) is 3.30. The number of alkyl carbamates (subject to hydrolysis) is 1. The number of nitrogens with one attached hydrogen (secondary N) is 4. The predicted molar refractivity (Wildman–Crippen MR) is 134 cm³/mol. The van der Waals surface area contributed by atoms with E-state index in [-0.39, 0.29) is 36.9 Å². The van der Waals surface area contributed by atoms with Crippen LogP contribution in [0, 0.1) is 17.8 Å². The Kier molecular flexibility index (Phi) is 13.6. The summed E-state index contributed by atoms with van der Waals surface area (Å²) >= 11 is 0. The highest BCUT2D eigenvalue weighted by molar-refractivity contribution is 5.91. The van der Waals surface area contributed by atoms with Crippen molar-refractivity contribution in [3.8, 4) is 0 Å². The molecular weight excluding hydrogens is 468 g/mol. The Labute approximate surface area is 213 Å². The SMILES string of the molecule is CCOC(=O)C=C[C@H](C[C@@H]1CCNC1=O)NC(=O)[C@H](CC(C)C)NC(=O)[C@@H](NC(=O)OCC)C(C)C. The van der Waals surface area contributed by atoms with Crippen molar-refractivity contribution in [2.24, 2.45) is 17.8 Å². The monoisotopic (exact) mass is 510 g/mol. The van der Waals surface area contributed by atoms with Gasteiger partial charge in [0.25, 0.3) is 0 Å². The Morgan fingerprint density at radius 3 is 2.19 bits per heavy atom. The number of ether oxygens (including phenoxy) is 2. The van der Waals surface area contributed by atoms with Gasteiger partial charge in [0.1, 0.15) is 12.1 Å². The molecule has 4 atom stereocenters. The van der Waals surface area contributed by atoms with Crippen LogP contribution >= 0.6 is 0 Å². The third-order valence-electron chi connectivity index (χ3n) is 5.62. The minimum atomic E-state index is -0.895. The molecule has 1 heterocycles. The number of carbonyl (C=O) groups is 5. The second kappa shape index (κ2) is 15.8. The molecule has 0 unspecified atom stereocenters. The van der Waals surface area contributed by atoms with Gasteiger partial charge in [0.05, 0.1) is 13.2 Å². The zero-order valence-electron chi connectivity index (χ0n) is 22.2. The smallest absolute Gasteiger partial charge is 0.407 e. The minimum absolute atomic E-state index is 0.0747. The molecule has 4 amide bonds. The highest BCUT2D eigenvalue weighted by atomic mass is 16.5. The first kappa shape index (κ1) is 30.9. The number of hydrogen-bond donors (Lipinski definition) is 4. The first-order chi connectivity index (χ1) is 17.0. The van der Waals surface area contributed by atoms with E-state index in [1.165, 1.54) is 12.2 Å². The lowest BCUT2D eigenvalue weighted by molar-refractivity contribution is -0.137. The van der Waals surface area contributed by atoms with Gasteiger partial charge in [-0.1, -0.05) is 33.8 Å². The molecule has 11 nitrogen and oxygen atoms in total. The van der Waals surface area contributed by atoms with Crippen LogP contribution in [0.5, 0.6) is 0 Å². The van der Waals surface area contributed by atoms with Crippen LogP contribution in [0.1, 0.15) is 60.8 Å². The van der Waals surface area contributed by atoms with E-state index in [4.69, 9.17) is 9.47 Å². The van der Waals surface area contributed by atoms with Crippen molar-refractivity contribution in [1.29, 1.82) is 0 Å². The van der Waals surface area contributed by atoms with Crippen molar-refractivity contribution in [3.63, 3.8) is 0 Å². The van der Waals surface area contributed by atoms with Crippen LogP contribution in [0.3, 0.4) is 0 Å². The third kappa shape index (κ3) is 11.1. The van der Waals surface area contributed by atoms with Gasteiger partial charge >= 0.3 is 12.1 Å². The number of esters is 1. The molecule has 1 aliphatic heterocycles. The maximum atomic E-state index is 13.3. The van der Waals surface area contributed by atoms with E-state index in [0.29, 0.717) is 25.8 Å². The summed E-state index contributed by atoms with van der Waals surface area (Å²) in [4.78, 5) is 62.1. The molecule has 0 aromatic rings. The van der Waals surface area contributed by atoms with Crippen LogP contribution in [-0.4, -0.2) is 67.7 Å². The number of rotatable bonds is 14. The number of amides is 4. The average Bonchev–Trinajstić information content (AvgIpc) is 3.19. The summed E-state index contributed by atoms with van der Waals surface area (Å²) in [5.74, 6) is -2.09. The first-order valence-corrected chi connectivity index (χ1v) is 12.6. The predicted octanol–water partition coefficient (Wildman–Crippen LogP) is 1.42. The molecule has 0 aromatic heterocycles. The van der Waals surface area contributed by atoms with Gasteiger partial charge in [0, 0.05) is 24.6 Å². The van der Waals surface area contributed by atoms with Crippen LogP contribution in [0.2, 0.25) is 0 Å². The normalized spacial score (nSPS) is 17.9. The summed E-state index contributed by atoms with van der Waals surface area (Å²) in [6, 6.07) is -2.41. The number of carbonyl (C=O) groups excluding carboxylic acids is 5. The molecular formula is C25H42N4O7. The molecule has 1 aliphatic rings. The molecule has 0 bridgehead atoms. The van der Waals surface area contributed by atoms with Gasteiger partial charge in [0.2, 0.25) is 17.7 Å². The van der Waals surface area contributed by atoms with Crippen LogP contribution in [0.15, 0.2) is 12.2 Å². The highest BCUT2D eigenvalue weighted by Gasteiger charge is 2.32. The van der Waals surface area contributed by atoms with Crippen LogP contribution < -0.4 is 21.3 Å². The van der Waals surface area contributed by atoms with Gasteiger partial charge in [-0.15, -0.1) is 0 Å².